The van der Waals surface area contributed by atoms with Crippen LogP contribution in [0.2, 0.25) is 0 Å². The average Bonchev–Trinajstić information content (AvgIpc) is 1.86. The van der Waals surface area contributed by atoms with Gasteiger partial charge in [-0.1, -0.05) is 13.8 Å². The summed E-state index contributed by atoms with van der Waals surface area (Å²) in [5, 5.41) is 9.58. The fourth-order valence-electron chi connectivity index (χ4n) is 0.894. The standard InChI is InChI=1S/C7H17NO/c1-4-7(9,5-2)6(3)8/h6,9H,4-5,8H2,1-3H3/t6-/m0/s1. The first-order chi connectivity index (χ1) is 4.06. The van der Waals surface area contributed by atoms with Crippen LogP contribution in [-0.4, -0.2) is 16.7 Å². The maximum Gasteiger partial charge on any atom is 0.0790 e. The molecule has 0 radical (unpaired) electrons. The normalized spacial score (nSPS) is 15.7. The third-order valence-electron chi connectivity index (χ3n) is 2.07. The average molecular weight is 131 g/mol. The predicted molar refractivity (Wildman–Crippen MR) is 39.2 cm³/mol. The van der Waals surface area contributed by atoms with E-state index in [9.17, 15) is 5.11 Å². The van der Waals surface area contributed by atoms with Crippen molar-refractivity contribution in [3.05, 3.63) is 0 Å². The Kier molecular flexibility index (Phi) is 3.15. The molecule has 0 aliphatic carbocycles. The van der Waals surface area contributed by atoms with Crippen molar-refractivity contribution in [2.45, 2.75) is 45.3 Å². The molecule has 0 rings (SSSR count). The highest BCUT2D eigenvalue weighted by Gasteiger charge is 2.26. The van der Waals surface area contributed by atoms with Crippen LogP contribution in [0.4, 0.5) is 0 Å². The van der Waals surface area contributed by atoms with Gasteiger partial charge < -0.3 is 10.8 Å². The first-order valence-electron chi connectivity index (χ1n) is 3.54. The second-order valence-electron chi connectivity index (χ2n) is 2.60. The number of nitrogens with two attached hydrogens (primary N) is 1. The zero-order chi connectivity index (χ0) is 7.49. The number of aliphatic hydroxyl groups is 1. The van der Waals surface area contributed by atoms with Crippen LogP contribution in [0.1, 0.15) is 33.6 Å². The maximum absolute atomic E-state index is 9.58. The van der Waals surface area contributed by atoms with Crippen LogP contribution in [0, 0.1) is 0 Å². The van der Waals surface area contributed by atoms with Crippen molar-refractivity contribution in [3.8, 4) is 0 Å². The van der Waals surface area contributed by atoms with Gasteiger partial charge in [-0.25, -0.2) is 0 Å². The Morgan fingerprint density at radius 2 is 1.78 bits per heavy atom. The molecule has 0 aliphatic heterocycles. The molecule has 0 aromatic carbocycles. The molecule has 0 aromatic heterocycles. The van der Waals surface area contributed by atoms with E-state index < -0.39 is 5.60 Å². The van der Waals surface area contributed by atoms with Crippen molar-refractivity contribution >= 4 is 0 Å². The fraction of sp³-hybridized carbons (Fsp3) is 1.00. The molecule has 2 nitrogen and oxygen atoms in total. The molecule has 1 atom stereocenters. The Balaban J connectivity index is 3.92. The van der Waals surface area contributed by atoms with Crippen LogP contribution in [0.15, 0.2) is 0 Å². The van der Waals surface area contributed by atoms with Gasteiger partial charge in [0.2, 0.25) is 0 Å². The van der Waals surface area contributed by atoms with Crippen molar-refractivity contribution in [2.75, 3.05) is 0 Å². The summed E-state index contributed by atoms with van der Waals surface area (Å²) in [6.07, 6.45) is 1.47. The summed E-state index contributed by atoms with van der Waals surface area (Å²) in [5.74, 6) is 0. The lowest BCUT2D eigenvalue weighted by molar-refractivity contribution is 0.0119. The third-order valence-corrected chi connectivity index (χ3v) is 2.07. The predicted octanol–water partition coefficient (Wildman–Crippen LogP) is 0.885. The summed E-state index contributed by atoms with van der Waals surface area (Å²) < 4.78 is 0. The zero-order valence-electron chi connectivity index (χ0n) is 6.52. The summed E-state index contributed by atoms with van der Waals surface area (Å²) in [6.45, 7) is 5.74. The fourth-order valence-corrected chi connectivity index (χ4v) is 0.894. The molecule has 0 unspecified atom stereocenters. The minimum atomic E-state index is -0.639. The SMILES string of the molecule is CCC(O)(CC)[C@H](C)N. The van der Waals surface area contributed by atoms with E-state index in [1.807, 2.05) is 20.8 Å². The molecule has 0 saturated heterocycles. The smallest absolute Gasteiger partial charge is 0.0790 e. The highest BCUT2D eigenvalue weighted by Crippen LogP contribution is 2.16. The van der Waals surface area contributed by atoms with E-state index in [1.54, 1.807) is 0 Å². The van der Waals surface area contributed by atoms with Gasteiger partial charge in [0.1, 0.15) is 0 Å². The van der Waals surface area contributed by atoms with Gasteiger partial charge in [-0.05, 0) is 19.8 Å². The molecule has 0 bridgehead atoms. The largest absolute Gasteiger partial charge is 0.388 e. The molecular weight excluding hydrogens is 114 g/mol. The van der Waals surface area contributed by atoms with Crippen molar-refractivity contribution in [1.29, 1.82) is 0 Å². The van der Waals surface area contributed by atoms with E-state index in [2.05, 4.69) is 0 Å². The van der Waals surface area contributed by atoms with Crippen LogP contribution < -0.4 is 5.73 Å². The molecular formula is C7H17NO. The highest BCUT2D eigenvalue weighted by molar-refractivity contribution is 4.83. The summed E-state index contributed by atoms with van der Waals surface area (Å²) in [5.41, 5.74) is 4.90. The lowest BCUT2D eigenvalue weighted by atomic mass is 9.90. The Bertz CT molecular complexity index is 77.0. The van der Waals surface area contributed by atoms with Gasteiger partial charge in [-0.15, -0.1) is 0 Å². The molecule has 0 fully saturated rings. The van der Waals surface area contributed by atoms with E-state index in [4.69, 9.17) is 5.73 Å². The van der Waals surface area contributed by atoms with Gasteiger partial charge in [-0.2, -0.15) is 0 Å². The highest BCUT2D eigenvalue weighted by atomic mass is 16.3. The number of hydrogen-bond donors (Lipinski definition) is 2. The minimum absolute atomic E-state index is 0.118. The summed E-state index contributed by atoms with van der Waals surface area (Å²) in [4.78, 5) is 0. The van der Waals surface area contributed by atoms with Gasteiger partial charge in [0.25, 0.3) is 0 Å². The molecule has 3 N–H and O–H groups in total. The van der Waals surface area contributed by atoms with E-state index >= 15 is 0 Å². The van der Waals surface area contributed by atoms with Crippen LogP contribution in [0.3, 0.4) is 0 Å². The molecule has 2 heteroatoms. The summed E-state index contributed by atoms with van der Waals surface area (Å²) in [6, 6.07) is -0.118. The lowest BCUT2D eigenvalue weighted by Crippen LogP contribution is -2.44. The van der Waals surface area contributed by atoms with E-state index in [0.717, 1.165) is 12.8 Å². The van der Waals surface area contributed by atoms with Crippen LogP contribution >= 0.6 is 0 Å². The van der Waals surface area contributed by atoms with E-state index in [-0.39, 0.29) is 6.04 Å². The van der Waals surface area contributed by atoms with Gasteiger partial charge in [0.15, 0.2) is 0 Å². The Labute approximate surface area is 57.1 Å². The first kappa shape index (κ1) is 8.92. The van der Waals surface area contributed by atoms with Crippen LogP contribution in [0.25, 0.3) is 0 Å². The summed E-state index contributed by atoms with van der Waals surface area (Å²) >= 11 is 0. The van der Waals surface area contributed by atoms with Crippen molar-refractivity contribution in [3.63, 3.8) is 0 Å². The third kappa shape index (κ3) is 1.95. The van der Waals surface area contributed by atoms with Crippen molar-refractivity contribution in [2.24, 2.45) is 5.73 Å². The van der Waals surface area contributed by atoms with E-state index in [0.29, 0.717) is 0 Å². The Hall–Kier alpha value is -0.0800. The second-order valence-corrected chi connectivity index (χ2v) is 2.60. The molecule has 56 valence electrons. The van der Waals surface area contributed by atoms with Crippen LogP contribution in [0.5, 0.6) is 0 Å². The van der Waals surface area contributed by atoms with Crippen LogP contribution in [-0.2, 0) is 0 Å². The molecule has 0 saturated carbocycles. The second kappa shape index (κ2) is 3.18. The van der Waals surface area contributed by atoms with Gasteiger partial charge in [-0.3, -0.25) is 0 Å². The van der Waals surface area contributed by atoms with Gasteiger partial charge in [0.05, 0.1) is 5.60 Å². The summed E-state index contributed by atoms with van der Waals surface area (Å²) in [7, 11) is 0. The Morgan fingerprint density at radius 3 is 1.78 bits per heavy atom. The Morgan fingerprint density at radius 1 is 1.44 bits per heavy atom. The molecule has 9 heavy (non-hydrogen) atoms. The molecule has 0 aromatic rings. The molecule has 0 heterocycles. The lowest BCUT2D eigenvalue weighted by Gasteiger charge is -2.29. The first-order valence-corrected chi connectivity index (χ1v) is 3.54. The topological polar surface area (TPSA) is 46.2 Å². The maximum atomic E-state index is 9.58. The molecule has 0 aliphatic rings. The minimum Gasteiger partial charge on any atom is -0.388 e. The number of hydrogen-bond acceptors (Lipinski definition) is 2. The number of rotatable bonds is 3. The van der Waals surface area contributed by atoms with Gasteiger partial charge in [0, 0.05) is 6.04 Å². The van der Waals surface area contributed by atoms with Gasteiger partial charge >= 0.3 is 0 Å². The molecule has 0 spiro atoms. The monoisotopic (exact) mass is 131 g/mol. The van der Waals surface area contributed by atoms with E-state index in [1.165, 1.54) is 0 Å². The quantitative estimate of drug-likeness (QED) is 0.597. The van der Waals surface area contributed by atoms with Crippen molar-refractivity contribution in [1.82, 2.24) is 0 Å². The van der Waals surface area contributed by atoms with Crippen molar-refractivity contribution < 1.29 is 5.11 Å². The molecule has 0 amide bonds. The zero-order valence-corrected chi connectivity index (χ0v) is 6.52.